The van der Waals surface area contributed by atoms with Crippen molar-refractivity contribution < 1.29 is 51.0 Å². The van der Waals surface area contributed by atoms with E-state index in [1.54, 1.807) is 0 Å². The summed E-state index contributed by atoms with van der Waals surface area (Å²) in [5.41, 5.74) is 17.6. The van der Waals surface area contributed by atoms with Crippen molar-refractivity contribution in [2.45, 2.75) is 100 Å². The van der Waals surface area contributed by atoms with Crippen LogP contribution in [0.25, 0.3) is 22.3 Å². The van der Waals surface area contributed by atoms with Crippen molar-refractivity contribution in [1.29, 1.82) is 0 Å². The minimum atomic E-state index is -0.0202. The molecule has 0 saturated carbocycles. The number of fused-ring (bicyclic) bond motifs is 5. The second-order valence-corrected chi connectivity index (χ2v) is 15.2. The smallest absolute Gasteiger partial charge is 1.00 e. The van der Waals surface area contributed by atoms with E-state index in [9.17, 15) is 0 Å². The van der Waals surface area contributed by atoms with Crippen LogP contribution in [0.15, 0.2) is 48.5 Å². The van der Waals surface area contributed by atoms with Crippen LogP contribution in [0.3, 0.4) is 0 Å². The molecule has 0 spiro atoms. The quantitative estimate of drug-likeness (QED) is 0.243. The van der Waals surface area contributed by atoms with Crippen molar-refractivity contribution in [1.82, 2.24) is 0 Å². The van der Waals surface area contributed by atoms with Crippen LogP contribution in [0.4, 0.5) is 0 Å². The van der Waals surface area contributed by atoms with Gasteiger partial charge < -0.3 is 24.8 Å². The predicted octanol–water partition coefficient (Wildman–Crippen LogP) is 4.53. The van der Waals surface area contributed by atoms with Gasteiger partial charge in [-0.05, 0) is 62.3 Å². The molecular formula is C38H46Cl2Zr. The van der Waals surface area contributed by atoms with Crippen LogP contribution >= 0.6 is 0 Å². The second kappa shape index (κ2) is 11.7. The third-order valence-corrected chi connectivity index (χ3v) is 8.65. The van der Waals surface area contributed by atoms with Crippen LogP contribution in [0.2, 0.25) is 0 Å². The van der Waals surface area contributed by atoms with Crippen LogP contribution in [-0.4, -0.2) is 0 Å². The third kappa shape index (κ3) is 6.49. The van der Waals surface area contributed by atoms with E-state index in [4.69, 9.17) is 0 Å². The van der Waals surface area contributed by atoms with Crippen molar-refractivity contribution >= 4 is 11.1 Å². The van der Waals surface area contributed by atoms with E-state index in [2.05, 4.69) is 138 Å². The van der Waals surface area contributed by atoms with Gasteiger partial charge in [0.1, 0.15) is 0 Å². The van der Waals surface area contributed by atoms with Gasteiger partial charge in [-0.2, -0.15) is 23.3 Å². The molecule has 0 fully saturated rings. The molecule has 0 bridgehead atoms. The summed E-state index contributed by atoms with van der Waals surface area (Å²) < 4.78 is 0. The van der Waals surface area contributed by atoms with Gasteiger partial charge in [0.05, 0.1) is 0 Å². The number of allylic oxidation sites excluding steroid dienone is 4. The first-order chi connectivity index (χ1) is 17.4. The summed E-state index contributed by atoms with van der Waals surface area (Å²) in [7, 11) is 0. The number of rotatable bonds is 0. The van der Waals surface area contributed by atoms with Gasteiger partial charge in [-0.1, -0.05) is 107 Å². The van der Waals surface area contributed by atoms with Crippen molar-refractivity contribution in [3.8, 4) is 11.1 Å². The van der Waals surface area contributed by atoms with Crippen LogP contribution in [0, 0.1) is 30.8 Å². The number of halogens is 2. The molecule has 216 valence electrons. The summed E-state index contributed by atoms with van der Waals surface area (Å²) in [4.78, 5) is 0. The number of aryl methyl sites for hydroxylation is 2. The molecule has 0 atom stereocenters. The average molecular weight is 665 g/mol. The summed E-state index contributed by atoms with van der Waals surface area (Å²) >= 11 is 0. The first kappa shape index (κ1) is 35.9. The molecule has 0 saturated heterocycles. The molecule has 0 aliphatic heterocycles. The topological polar surface area (TPSA) is 0 Å². The minimum Gasteiger partial charge on any atom is -1.00 e. The maximum absolute atomic E-state index is 3.85. The number of hydrogen-bond acceptors (Lipinski definition) is 0. The van der Waals surface area contributed by atoms with Gasteiger partial charge in [0, 0.05) is 5.41 Å². The molecule has 0 unspecified atom stereocenters. The third-order valence-electron chi connectivity index (χ3n) is 8.65. The zero-order valence-corrected chi connectivity index (χ0v) is 31.1. The fourth-order valence-electron chi connectivity index (χ4n) is 6.66. The molecule has 3 aromatic rings. The van der Waals surface area contributed by atoms with E-state index >= 15 is 0 Å². The maximum Gasteiger partial charge on any atom is 4.00 e. The molecule has 41 heavy (non-hydrogen) atoms. The zero-order valence-electron chi connectivity index (χ0n) is 27.1. The fourth-order valence-corrected chi connectivity index (χ4v) is 6.66. The van der Waals surface area contributed by atoms with E-state index in [1.807, 2.05) is 0 Å². The SMILES string of the molecule is CC(C)(C)C1=[C-]C(C)(C)c2cc3c(cc21)-c1cc2c(cc1C3)C(C)(C)C=C2C(C)(C)C.Cc1c[cH-]c(C)c1.[Cl-].[Cl-].[Zr+4]. The Kier molecular flexibility index (Phi) is 10.2. The van der Waals surface area contributed by atoms with Gasteiger partial charge in [-0.3, -0.25) is 6.08 Å². The van der Waals surface area contributed by atoms with Gasteiger partial charge in [-0.15, -0.1) is 11.6 Å². The van der Waals surface area contributed by atoms with E-state index in [-0.39, 0.29) is 72.7 Å². The predicted molar refractivity (Wildman–Crippen MR) is 166 cm³/mol. The monoisotopic (exact) mass is 662 g/mol. The van der Waals surface area contributed by atoms with Crippen molar-refractivity contribution in [3.63, 3.8) is 0 Å². The first-order valence-electron chi connectivity index (χ1n) is 14.3. The summed E-state index contributed by atoms with van der Waals surface area (Å²) in [6.07, 6.45) is 7.41. The Morgan fingerprint density at radius 1 is 0.707 bits per heavy atom. The second-order valence-electron chi connectivity index (χ2n) is 15.2. The van der Waals surface area contributed by atoms with Crippen LogP contribution in [-0.2, 0) is 43.5 Å². The average Bonchev–Trinajstić information content (AvgIpc) is 3.47. The molecule has 0 aromatic heterocycles. The molecule has 3 heteroatoms. The standard InChI is InChI=1S/C31H37.C7H9.2ClH.Zr/c1-28(2,3)26-16-30(7,8)24-12-18-11-19-13-25-23(15-21(19)20(18)14-22(24)26)27(29(4,5)6)17-31(25,9)10;1-6-3-4-7(2)5-6;;;/h12-16H,11H2,1-10H3;3-5H,1-2H3;2*1H;/q2*-1;;;+4/p-2. The van der Waals surface area contributed by atoms with E-state index < -0.39 is 0 Å². The number of hydrogen-bond donors (Lipinski definition) is 0. The Morgan fingerprint density at radius 2 is 1.24 bits per heavy atom. The molecule has 0 amide bonds. The van der Waals surface area contributed by atoms with Crippen LogP contribution in [0.1, 0.15) is 114 Å². The van der Waals surface area contributed by atoms with E-state index in [0.717, 1.165) is 6.42 Å². The largest absolute Gasteiger partial charge is 4.00 e. The molecule has 3 aliphatic rings. The van der Waals surface area contributed by atoms with Gasteiger partial charge in [0.15, 0.2) is 0 Å². The molecule has 0 N–H and O–H groups in total. The molecule has 0 radical (unpaired) electrons. The Morgan fingerprint density at radius 3 is 1.68 bits per heavy atom. The van der Waals surface area contributed by atoms with Gasteiger partial charge in [0.25, 0.3) is 0 Å². The number of benzene rings is 2. The molecule has 0 nitrogen and oxygen atoms in total. The van der Waals surface area contributed by atoms with E-state index in [1.165, 1.54) is 66.8 Å². The normalized spacial score (nSPS) is 16.8. The zero-order chi connectivity index (χ0) is 28.0. The van der Waals surface area contributed by atoms with E-state index in [0.29, 0.717) is 0 Å². The first-order valence-corrected chi connectivity index (χ1v) is 14.3. The van der Waals surface area contributed by atoms with Crippen molar-refractivity contribution in [2.24, 2.45) is 10.8 Å². The Hall–Kier alpha value is -1.27. The molecule has 3 aliphatic carbocycles. The summed E-state index contributed by atoms with van der Waals surface area (Å²) in [5.74, 6) is 0. The molecule has 6 rings (SSSR count). The van der Waals surface area contributed by atoms with Crippen molar-refractivity contribution in [3.05, 3.63) is 99.1 Å². The summed E-state index contributed by atoms with van der Waals surface area (Å²) in [6.45, 7) is 27.6. The summed E-state index contributed by atoms with van der Waals surface area (Å²) in [6, 6.07) is 16.4. The molecule has 3 aromatic carbocycles. The summed E-state index contributed by atoms with van der Waals surface area (Å²) in [5, 5.41) is 0. The Balaban J connectivity index is 0.000000519. The van der Waals surface area contributed by atoms with Crippen LogP contribution in [0.5, 0.6) is 0 Å². The van der Waals surface area contributed by atoms with Gasteiger partial charge in [0.2, 0.25) is 0 Å². The van der Waals surface area contributed by atoms with Gasteiger partial charge >= 0.3 is 26.2 Å². The molecule has 0 heterocycles. The Bertz CT molecular complexity index is 1400. The van der Waals surface area contributed by atoms with Gasteiger partial charge in [-0.25, -0.2) is 17.2 Å². The fraction of sp³-hybridized carbons (Fsp3) is 0.447. The van der Waals surface area contributed by atoms with Crippen molar-refractivity contribution in [2.75, 3.05) is 0 Å². The Labute approximate surface area is 281 Å². The minimum absolute atomic E-state index is 0. The van der Waals surface area contributed by atoms with Crippen LogP contribution < -0.4 is 24.8 Å². The maximum atomic E-state index is 3.85. The molecular weight excluding hydrogens is 619 g/mol.